The number of thiophene rings is 1. The van der Waals surface area contributed by atoms with Gasteiger partial charge in [-0.3, -0.25) is 9.59 Å². The molecule has 0 saturated carbocycles. The highest BCUT2D eigenvalue weighted by atomic mass is 32.1. The second kappa shape index (κ2) is 6.58. The molecule has 0 aliphatic carbocycles. The lowest BCUT2D eigenvalue weighted by Gasteiger charge is -2.17. The maximum absolute atomic E-state index is 12.3. The lowest BCUT2D eigenvalue weighted by molar-refractivity contribution is -0.129. The van der Waals surface area contributed by atoms with E-state index in [0.717, 1.165) is 17.7 Å². The fourth-order valence-electron chi connectivity index (χ4n) is 2.73. The minimum Gasteiger partial charge on any atom is -0.488 e. The van der Waals surface area contributed by atoms with Gasteiger partial charge in [0.05, 0.1) is 13.0 Å². The van der Waals surface area contributed by atoms with E-state index in [1.165, 1.54) is 6.07 Å². The molecule has 3 heterocycles. The number of nitrogens with zero attached hydrogens (tertiary/aromatic N) is 2. The Hall–Kier alpha value is -2.08. The van der Waals surface area contributed by atoms with Crippen molar-refractivity contribution in [3.05, 3.63) is 50.6 Å². The Morgan fingerprint density at radius 3 is 2.96 bits per heavy atom. The van der Waals surface area contributed by atoms with Gasteiger partial charge >= 0.3 is 0 Å². The van der Waals surface area contributed by atoms with Gasteiger partial charge in [0.15, 0.2) is 0 Å². The molecule has 0 bridgehead atoms. The molecule has 3 rings (SSSR count). The van der Waals surface area contributed by atoms with E-state index in [1.54, 1.807) is 23.0 Å². The van der Waals surface area contributed by atoms with Crippen LogP contribution in [0.3, 0.4) is 0 Å². The minimum atomic E-state index is -0.0802. The first-order valence-electron chi connectivity index (χ1n) is 7.66. The first-order valence-corrected chi connectivity index (χ1v) is 8.60. The third-order valence-electron chi connectivity index (χ3n) is 4.21. The van der Waals surface area contributed by atoms with Crippen molar-refractivity contribution in [2.45, 2.75) is 25.9 Å². The Balaban J connectivity index is 1.59. The van der Waals surface area contributed by atoms with Crippen molar-refractivity contribution in [2.24, 2.45) is 7.05 Å². The molecular weight excluding hydrogens is 312 g/mol. The van der Waals surface area contributed by atoms with E-state index in [-0.39, 0.29) is 17.6 Å². The van der Waals surface area contributed by atoms with E-state index in [9.17, 15) is 9.59 Å². The highest BCUT2D eigenvalue weighted by Crippen LogP contribution is 2.19. The first kappa shape index (κ1) is 15.8. The summed E-state index contributed by atoms with van der Waals surface area (Å²) >= 11 is 1.60. The predicted octanol–water partition coefficient (Wildman–Crippen LogP) is 1.98. The Kier molecular flexibility index (Phi) is 4.52. The van der Waals surface area contributed by atoms with Gasteiger partial charge in [-0.15, -0.1) is 0 Å². The molecule has 0 aromatic carbocycles. The number of likely N-dealkylation sites (tertiary alicyclic amines) is 1. The summed E-state index contributed by atoms with van der Waals surface area (Å²) in [6, 6.07) is 5.34. The van der Waals surface area contributed by atoms with Crippen LogP contribution in [-0.4, -0.2) is 34.6 Å². The van der Waals surface area contributed by atoms with Gasteiger partial charge in [-0.1, -0.05) is 0 Å². The Morgan fingerprint density at radius 1 is 1.43 bits per heavy atom. The maximum Gasteiger partial charge on any atom is 0.254 e. The van der Waals surface area contributed by atoms with Gasteiger partial charge in [0.25, 0.3) is 5.56 Å². The van der Waals surface area contributed by atoms with E-state index in [0.29, 0.717) is 25.3 Å². The van der Waals surface area contributed by atoms with E-state index in [1.807, 2.05) is 34.7 Å². The lowest BCUT2D eigenvalue weighted by atomic mass is 10.2. The third-order valence-corrected chi connectivity index (χ3v) is 4.94. The van der Waals surface area contributed by atoms with Gasteiger partial charge in [0.2, 0.25) is 5.91 Å². The number of hydrogen-bond acceptors (Lipinski definition) is 4. The summed E-state index contributed by atoms with van der Waals surface area (Å²) in [5, 5.41) is 3.99. The van der Waals surface area contributed by atoms with Crippen LogP contribution >= 0.6 is 11.3 Å². The second-order valence-electron chi connectivity index (χ2n) is 5.91. The predicted molar refractivity (Wildman–Crippen MR) is 90.1 cm³/mol. The molecule has 122 valence electrons. The van der Waals surface area contributed by atoms with Crippen molar-refractivity contribution >= 4 is 17.2 Å². The molecule has 6 heteroatoms. The van der Waals surface area contributed by atoms with Crippen LogP contribution in [0.25, 0.3) is 0 Å². The van der Waals surface area contributed by atoms with Crippen LogP contribution in [0.5, 0.6) is 5.75 Å². The van der Waals surface area contributed by atoms with E-state index >= 15 is 0 Å². The average Bonchev–Trinajstić information content (AvgIpc) is 3.16. The number of hydrogen-bond donors (Lipinski definition) is 0. The summed E-state index contributed by atoms with van der Waals surface area (Å²) in [6.07, 6.45) is 1.19. The molecule has 1 amide bonds. The van der Waals surface area contributed by atoms with Gasteiger partial charge < -0.3 is 14.2 Å². The zero-order valence-corrected chi connectivity index (χ0v) is 14.1. The van der Waals surface area contributed by atoms with Gasteiger partial charge in [-0.05, 0) is 35.4 Å². The van der Waals surface area contributed by atoms with E-state index in [2.05, 4.69) is 0 Å². The van der Waals surface area contributed by atoms with Crippen LogP contribution in [0.1, 0.15) is 17.7 Å². The van der Waals surface area contributed by atoms with Gasteiger partial charge in [0.1, 0.15) is 11.9 Å². The Bertz CT molecular complexity index is 752. The monoisotopic (exact) mass is 332 g/mol. The zero-order chi connectivity index (χ0) is 16.4. The smallest absolute Gasteiger partial charge is 0.254 e. The number of rotatable bonds is 4. The van der Waals surface area contributed by atoms with Crippen LogP contribution in [0, 0.1) is 6.92 Å². The number of pyridine rings is 1. The summed E-state index contributed by atoms with van der Waals surface area (Å²) in [7, 11) is 1.74. The van der Waals surface area contributed by atoms with Crippen LogP contribution in [-0.2, 0) is 18.3 Å². The highest BCUT2D eigenvalue weighted by Gasteiger charge is 2.27. The van der Waals surface area contributed by atoms with Crippen molar-refractivity contribution in [2.75, 3.05) is 13.1 Å². The number of amides is 1. The van der Waals surface area contributed by atoms with Crippen molar-refractivity contribution in [1.82, 2.24) is 9.47 Å². The highest BCUT2D eigenvalue weighted by molar-refractivity contribution is 7.07. The molecule has 1 aliphatic heterocycles. The van der Waals surface area contributed by atoms with Gasteiger partial charge in [-0.25, -0.2) is 0 Å². The number of carbonyl (C=O) groups excluding carboxylic acids is 1. The molecule has 23 heavy (non-hydrogen) atoms. The van der Waals surface area contributed by atoms with Crippen molar-refractivity contribution in [3.8, 4) is 5.75 Å². The molecule has 0 radical (unpaired) electrons. The average molecular weight is 332 g/mol. The number of aromatic nitrogens is 1. The SMILES string of the molecule is Cc1cc(OC2CCN(C(=O)Cc3ccsc3)C2)cc(=O)n1C. The molecule has 1 saturated heterocycles. The minimum absolute atomic E-state index is 0.0482. The Morgan fingerprint density at radius 2 is 2.26 bits per heavy atom. The van der Waals surface area contributed by atoms with Crippen molar-refractivity contribution in [1.29, 1.82) is 0 Å². The van der Waals surface area contributed by atoms with Crippen LogP contribution in [0.4, 0.5) is 0 Å². The Labute approximate surface area is 139 Å². The number of ether oxygens (including phenoxy) is 1. The third kappa shape index (κ3) is 3.64. The standard InChI is InChI=1S/C17H20N2O3S/c1-12-7-15(9-16(20)18(12)2)22-14-3-5-19(10-14)17(21)8-13-4-6-23-11-13/h4,6-7,9,11,14H,3,5,8,10H2,1-2H3. The molecule has 2 aromatic rings. The summed E-state index contributed by atoms with van der Waals surface area (Å²) < 4.78 is 7.48. The summed E-state index contributed by atoms with van der Waals surface area (Å²) in [5.74, 6) is 0.720. The fraction of sp³-hybridized carbons (Fsp3) is 0.412. The second-order valence-corrected chi connectivity index (χ2v) is 6.69. The van der Waals surface area contributed by atoms with Crippen molar-refractivity contribution < 1.29 is 9.53 Å². The molecular formula is C17H20N2O3S. The summed E-state index contributed by atoms with van der Waals surface area (Å²) in [5.41, 5.74) is 1.84. The van der Waals surface area contributed by atoms with E-state index in [4.69, 9.17) is 4.74 Å². The number of aryl methyl sites for hydroxylation is 1. The fourth-order valence-corrected chi connectivity index (χ4v) is 3.40. The van der Waals surface area contributed by atoms with Gasteiger partial charge in [-0.2, -0.15) is 11.3 Å². The van der Waals surface area contributed by atoms with Crippen LogP contribution in [0.2, 0.25) is 0 Å². The van der Waals surface area contributed by atoms with Crippen LogP contribution < -0.4 is 10.3 Å². The largest absolute Gasteiger partial charge is 0.488 e. The first-order chi connectivity index (χ1) is 11.0. The van der Waals surface area contributed by atoms with E-state index < -0.39 is 0 Å². The molecule has 1 fully saturated rings. The maximum atomic E-state index is 12.3. The molecule has 0 N–H and O–H groups in total. The zero-order valence-electron chi connectivity index (χ0n) is 13.3. The van der Waals surface area contributed by atoms with Gasteiger partial charge in [0, 0.05) is 31.8 Å². The molecule has 2 aromatic heterocycles. The van der Waals surface area contributed by atoms with Crippen molar-refractivity contribution in [3.63, 3.8) is 0 Å². The molecule has 1 atom stereocenters. The number of carbonyl (C=O) groups is 1. The molecule has 1 unspecified atom stereocenters. The molecule has 5 nitrogen and oxygen atoms in total. The molecule has 0 spiro atoms. The van der Waals surface area contributed by atoms with Crippen LogP contribution in [0.15, 0.2) is 33.8 Å². The summed E-state index contributed by atoms with van der Waals surface area (Å²) in [6.45, 7) is 3.16. The summed E-state index contributed by atoms with van der Waals surface area (Å²) in [4.78, 5) is 25.9. The molecule has 1 aliphatic rings. The quantitative estimate of drug-likeness (QED) is 0.860. The topological polar surface area (TPSA) is 51.5 Å². The normalized spacial score (nSPS) is 17.5. The lowest BCUT2D eigenvalue weighted by Crippen LogP contribution is -2.32.